The van der Waals surface area contributed by atoms with Gasteiger partial charge in [-0.25, -0.2) is 0 Å². The summed E-state index contributed by atoms with van der Waals surface area (Å²) in [6.07, 6.45) is 5.15. The fraction of sp³-hybridized carbons (Fsp3) is 0.438. The fourth-order valence-electron chi connectivity index (χ4n) is 2.36. The van der Waals surface area contributed by atoms with Gasteiger partial charge in [-0.15, -0.1) is 0 Å². The maximum atomic E-state index is 4.37. The Balaban J connectivity index is 2.14. The third-order valence-corrected chi connectivity index (χ3v) is 3.95. The lowest BCUT2D eigenvalue weighted by molar-refractivity contribution is 0.594. The number of halogens is 1. The lowest BCUT2D eigenvalue weighted by atomic mass is 9.93. The van der Waals surface area contributed by atoms with Gasteiger partial charge in [-0.3, -0.25) is 4.68 Å². The van der Waals surface area contributed by atoms with Gasteiger partial charge < -0.3 is 5.32 Å². The molecule has 1 aromatic carbocycles. The molecule has 1 N–H and O–H groups in total. The standard InChI is InChI=1S/C16H22BrN3/c1-3-18-11-15(14-6-5-7-16(17)9-14)8-13-10-19-20(4-2)12-13/h5-7,9-10,12,15,18H,3-4,8,11H2,1-2H3. The van der Waals surface area contributed by atoms with E-state index in [2.05, 4.69) is 70.7 Å². The minimum absolute atomic E-state index is 0.474. The van der Waals surface area contributed by atoms with Crippen molar-refractivity contribution in [1.82, 2.24) is 15.1 Å². The second-order valence-electron chi connectivity index (χ2n) is 4.97. The van der Waals surface area contributed by atoms with Crippen LogP contribution in [0.15, 0.2) is 41.1 Å². The summed E-state index contributed by atoms with van der Waals surface area (Å²) in [6.45, 7) is 7.17. The van der Waals surface area contributed by atoms with Gasteiger partial charge in [0.05, 0.1) is 6.20 Å². The molecule has 0 radical (unpaired) electrons. The molecule has 2 rings (SSSR count). The highest BCUT2D eigenvalue weighted by molar-refractivity contribution is 9.10. The Kier molecular flexibility index (Phi) is 5.80. The van der Waals surface area contributed by atoms with Gasteiger partial charge in [0, 0.05) is 29.7 Å². The number of hydrogen-bond acceptors (Lipinski definition) is 2. The molecule has 3 nitrogen and oxygen atoms in total. The quantitative estimate of drug-likeness (QED) is 0.837. The van der Waals surface area contributed by atoms with Crippen molar-refractivity contribution in [2.75, 3.05) is 13.1 Å². The average molecular weight is 336 g/mol. The number of likely N-dealkylation sites (N-methyl/N-ethyl adjacent to an activating group) is 1. The van der Waals surface area contributed by atoms with Gasteiger partial charge in [-0.1, -0.05) is 35.0 Å². The van der Waals surface area contributed by atoms with Crippen LogP contribution in [0.2, 0.25) is 0 Å². The van der Waals surface area contributed by atoms with Gasteiger partial charge in [0.2, 0.25) is 0 Å². The average Bonchev–Trinajstić information content (AvgIpc) is 2.91. The van der Waals surface area contributed by atoms with Crippen LogP contribution >= 0.6 is 15.9 Å². The van der Waals surface area contributed by atoms with Gasteiger partial charge in [0.15, 0.2) is 0 Å². The van der Waals surface area contributed by atoms with Crippen LogP contribution in [-0.2, 0) is 13.0 Å². The van der Waals surface area contributed by atoms with Crippen LogP contribution in [0, 0.1) is 0 Å². The summed E-state index contributed by atoms with van der Waals surface area (Å²) in [7, 11) is 0. The highest BCUT2D eigenvalue weighted by Gasteiger charge is 2.13. The van der Waals surface area contributed by atoms with Gasteiger partial charge in [-0.2, -0.15) is 5.10 Å². The monoisotopic (exact) mass is 335 g/mol. The van der Waals surface area contributed by atoms with Crippen LogP contribution in [0.3, 0.4) is 0 Å². The third-order valence-electron chi connectivity index (χ3n) is 3.45. The Morgan fingerprint density at radius 2 is 2.20 bits per heavy atom. The predicted octanol–water partition coefficient (Wildman–Crippen LogP) is 3.60. The summed E-state index contributed by atoms with van der Waals surface area (Å²) in [5.41, 5.74) is 2.67. The number of nitrogens with one attached hydrogen (secondary N) is 1. The Morgan fingerprint density at radius 3 is 2.85 bits per heavy atom. The number of benzene rings is 1. The predicted molar refractivity (Wildman–Crippen MR) is 87.0 cm³/mol. The van der Waals surface area contributed by atoms with Crippen molar-refractivity contribution >= 4 is 15.9 Å². The maximum Gasteiger partial charge on any atom is 0.0521 e. The molecule has 1 aromatic heterocycles. The van der Waals surface area contributed by atoms with Crippen LogP contribution in [0.5, 0.6) is 0 Å². The molecular formula is C16H22BrN3. The molecule has 0 spiro atoms. The van der Waals surface area contributed by atoms with Crippen LogP contribution in [0.1, 0.15) is 30.9 Å². The first-order chi connectivity index (χ1) is 9.72. The minimum atomic E-state index is 0.474. The Bertz CT molecular complexity index is 536. The molecule has 0 aliphatic carbocycles. The lowest BCUT2D eigenvalue weighted by Gasteiger charge is -2.17. The normalized spacial score (nSPS) is 12.6. The van der Waals surface area contributed by atoms with Gasteiger partial charge in [0.1, 0.15) is 0 Å². The summed E-state index contributed by atoms with van der Waals surface area (Å²) < 4.78 is 3.13. The first kappa shape index (κ1) is 15.3. The zero-order valence-electron chi connectivity index (χ0n) is 12.1. The smallest absolute Gasteiger partial charge is 0.0521 e. The van der Waals surface area contributed by atoms with E-state index in [1.165, 1.54) is 11.1 Å². The molecule has 1 unspecified atom stereocenters. The first-order valence-electron chi connectivity index (χ1n) is 7.20. The molecule has 20 heavy (non-hydrogen) atoms. The molecule has 0 amide bonds. The molecule has 4 heteroatoms. The van der Waals surface area contributed by atoms with Crippen molar-refractivity contribution < 1.29 is 0 Å². The van der Waals surface area contributed by atoms with Gasteiger partial charge in [-0.05, 0) is 43.1 Å². The molecular weight excluding hydrogens is 314 g/mol. The molecule has 1 atom stereocenters. The summed E-state index contributed by atoms with van der Waals surface area (Å²) >= 11 is 3.56. The van der Waals surface area contributed by atoms with E-state index in [0.29, 0.717) is 5.92 Å². The highest BCUT2D eigenvalue weighted by Crippen LogP contribution is 2.23. The van der Waals surface area contributed by atoms with Crippen molar-refractivity contribution in [3.63, 3.8) is 0 Å². The maximum absolute atomic E-state index is 4.37. The molecule has 108 valence electrons. The van der Waals surface area contributed by atoms with E-state index in [1.54, 1.807) is 0 Å². The Hall–Kier alpha value is -1.13. The molecule has 0 fully saturated rings. The van der Waals surface area contributed by atoms with Crippen molar-refractivity contribution in [2.45, 2.75) is 32.7 Å². The van der Waals surface area contributed by atoms with E-state index < -0.39 is 0 Å². The summed E-state index contributed by atoms with van der Waals surface area (Å²) in [5.74, 6) is 0.474. The second-order valence-corrected chi connectivity index (χ2v) is 5.88. The van der Waals surface area contributed by atoms with E-state index in [0.717, 1.165) is 30.5 Å². The Labute approximate surface area is 129 Å². The van der Waals surface area contributed by atoms with Crippen molar-refractivity contribution in [3.05, 3.63) is 52.3 Å². The number of hydrogen-bond donors (Lipinski definition) is 1. The number of aromatic nitrogens is 2. The topological polar surface area (TPSA) is 29.9 Å². The molecule has 0 aliphatic rings. The van der Waals surface area contributed by atoms with Gasteiger partial charge in [0.25, 0.3) is 0 Å². The van der Waals surface area contributed by atoms with Crippen LogP contribution < -0.4 is 5.32 Å². The van der Waals surface area contributed by atoms with E-state index in [1.807, 2.05) is 10.9 Å². The molecule has 1 heterocycles. The first-order valence-corrected chi connectivity index (χ1v) is 7.99. The molecule has 0 saturated heterocycles. The second kappa shape index (κ2) is 7.60. The van der Waals surface area contributed by atoms with Crippen molar-refractivity contribution in [1.29, 1.82) is 0 Å². The number of nitrogens with zero attached hydrogens (tertiary/aromatic N) is 2. The van der Waals surface area contributed by atoms with Crippen molar-refractivity contribution in [2.24, 2.45) is 0 Å². The van der Waals surface area contributed by atoms with E-state index in [-0.39, 0.29) is 0 Å². The zero-order chi connectivity index (χ0) is 14.4. The van der Waals surface area contributed by atoms with Crippen LogP contribution in [0.25, 0.3) is 0 Å². The van der Waals surface area contributed by atoms with Crippen LogP contribution in [0.4, 0.5) is 0 Å². The summed E-state index contributed by atoms with van der Waals surface area (Å²) in [4.78, 5) is 0. The van der Waals surface area contributed by atoms with Crippen molar-refractivity contribution in [3.8, 4) is 0 Å². The van der Waals surface area contributed by atoms with E-state index in [4.69, 9.17) is 0 Å². The zero-order valence-corrected chi connectivity index (χ0v) is 13.7. The van der Waals surface area contributed by atoms with Crippen LogP contribution in [-0.4, -0.2) is 22.9 Å². The third kappa shape index (κ3) is 4.18. The summed E-state index contributed by atoms with van der Waals surface area (Å²) in [5, 5.41) is 7.83. The lowest BCUT2D eigenvalue weighted by Crippen LogP contribution is -2.22. The summed E-state index contributed by atoms with van der Waals surface area (Å²) in [6, 6.07) is 8.60. The number of aryl methyl sites for hydroxylation is 1. The molecule has 0 bridgehead atoms. The Morgan fingerprint density at radius 1 is 1.35 bits per heavy atom. The molecule has 0 aliphatic heterocycles. The van der Waals surface area contributed by atoms with E-state index in [9.17, 15) is 0 Å². The molecule has 0 saturated carbocycles. The minimum Gasteiger partial charge on any atom is -0.316 e. The molecule has 2 aromatic rings. The SMILES string of the molecule is CCNCC(Cc1cnn(CC)c1)c1cccc(Br)c1. The highest BCUT2D eigenvalue weighted by atomic mass is 79.9. The van der Waals surface area contributed by atoms with Gasteiger partial charge >= 0.3 is 0 Å². The largest absolute Gasteiger partial charge is 0.316 e. The van der Waals surface area contributed by atoms with E-state index >= 15 is 0 Å². The fourth-order valence-corrected chi connectivity index (χ4v) is 2.77. The number of rotatable bonds is 7.